The molecule has 0 aliphatic carbocycles. The molecule has 7 heteroatoms. The van der Waals surface area contributed by atoms with Crippen LogP contribution < -0.4 is 15.4 Å². The standard InChI is InChI=1S/C14H18F2N2O3/c1-9(18-13(19)12-8-20-7-6-17-12)10-2-4-11(5-3-10)21-14(15)16/h2-5,9,12,14,17H,6-8H2,1H3,(H,18,19). The quantitative estimate of drug-likeness (QED) is 0.864. The first kappa shape index (κ1) is 15.7. The van der Waals surface area contributed by atoms with Crippen LogP contribution in [-0.4, -0.2) is 38.3 Å². The Morgan fingerprint density at radius 3 is 2.71 bits per heavy atom. The zero-order valence-electron chi connectivity index (χ0n) is 11.6. The van der Waals surface area contributed by atoms with Gasteiger partial charge in [-0.2, -0.15) is 8.78 Å². The van der Waals surface area contributed by atoms with Crippen molar-refractivity contribution in [1.29, 1.82) is 0 Å². The van der Waals surface area contributed by atoms with E-state index in [0.717, 1.165) is 5.56 Å². The van der Waals surface area contributed by atoms with E-state index in [-0.39, 0.29) is 23.7 Å². The van der Waals surface area contributed by atoms with Gasteiger partial charge in [0.2, 0.25) is 5.91 Å². The molecule has 0 aromatic heterocycles. The van der Waals surface area contributed by atoms with Crippen LogP contribution in [0.5, 0.6) is 5.75 Å². The summed E-state index contributed by atoms with van der Waals surface area (Å²) in [5, 5.41) is 5.92. The van der Waals surface area contributed by atoms with Gasteiger partial charge in [-0.1, -0.05) is 12.1 Å². The van der Waals surface area contributed by atoms with Crippen molar-refractivity contribution >= 4 is 5.91 Å². The Balaban J connectivity index is 1.90. The van der Waals surface area contributed by atoms with Crippen LogP contribution in [0.15, 0.2) is 24.3 Å². The second kappa shape index (κ2) is 7.33. The van der Waals surface area contributed by atoms with E-state index in [4.69, 9.17) is 4.74 Å². The highest BCUT2D eigenvalue weighted by Crippen LogP contribution is 2.19. The van der Waals surface area contributed by atoms with Gasteiger partial charge in [-0.15, -0.1) is 0 Å². The second-order valence-corrected chi connectivity index (χ2v) is 4.76. The number of benzene rings is 1. The summed E-state index contributed by atoms with van der Waals surface area (Å²) in [4.78, 5) is 12.0. The molecular weight excluding hydrogens is 282 g/mol. The average molecular weight is 300 g/mol. The van der Waals surface area contributed by atoms with Crippen molar-refractivity contribution in [3.8, 4) is 5.75 Å². The summed E-state index contributed by atoms with van der Waals surface area (Å²) < 4.78 is 33.6. The summed E-state index contributed by atoms with van der Waals surface area (Å²) in [7, 11) is 0. The lowest BCUT2D eigenvalue weighted by Gasteiger charge is -2.25. The maximum absolute atomic E-state index is 12.1. The Hall–Kier alpha value is -1.73. The van der Waals surface area contributed by atoms with Crippen molar-refractivity contribution < 1.29 is 23.0 Å². The molecule has 0 spiro atoms. The Labute approximate surface area is 121 Å². The fourth-order valence-electron chi connectivity index (χ4n) is 2.07. The number of nitrogens with one attached hydrogen (secondary N) is 2. The van der Waals surface area contributed by atoms with Gasteiger partial charge in [0, 0.05) is 6.54 Å². The molecule has 5 nitrogen and oxygen atoms in total. The van der Waals surface area contributed by atoms with E-state index in [1.54, 1.807) is 12.1 Å². The zero-order valence-corrected chi connectivity index (χ0v) is 11.6. The SMILES string of the molecule is CC(NC(=O)C1COCCN1)c1ccc(OC(F)F)cc1. The zero-order chi connectivity index (χ0) is 15.2. The van der Waals surface area contributed by atoms with E-state index in [1.807, 2.05) is 6.92 Å². The molecule has 2 unspecified atom stereocenters. The van der Waals surface area contributed by atoms with E-state index in [0.29, 0.717) is 19.8 Å². The molecule has 1 heterocycles. The summed E-state index contributed by atoms with van der Waals surface area (Å²) in [6.45, 7) is 0.576. The third-order valence-corrected chi connectivity index (χ3v) is 3.20. The summed E-state index contributed by atoms with van der Waals surface area (Å²) in [6.07, 6.45) is 0. The molecule has 1 saturated heterocycles. The summed E-state index contributed by atoms with van der Waals surface area (Å²) in [5.41, 5.74) is 0.807. The molecule has 0 radical (unpaired) electrons. The van der Waals surface area contributed by atoms with Crippen LogP contribution in [0.25, 0.3) is 0 Å². The monoisotopic (exact) mass is 300 g/mol. The van der Waals surface area contributed by atoms with Gasteiger partial charge in [0.25, 0.3) is 0 Å². The van der Waals surface area contributed by atoms with Crippen LogP contribution in [0, 0.1) is 0 Å². The van der Waals surface area contributed by atoms with E-state index in [2.05, 4.69) is 15.4 Å². The molecule has 21 heavy (non-hydrogen) atoms. The molecule has 2 rings (SSSR count). The van der Waals surface area contributed by atoms with Gasteiger partial charge in [-0.3, -0.25) is 4.79 Å². The first-order chi connectivity index (χ1) is 10.1. The number of alkyl halides is 2. The Bertz CT molecular complexity index is 462. The van der Waals surface area contributed by atoms with Gasteiger partial charge in [0.05, 0.1) is 19.3 Å². The molecular formula is C14H18F2N2O3. The minimum Gasteiger partial charge on any atom is -0.435 e. The third kappa shape index (κ3) is 4.64. The predicted molar refractivity (Wildman–Crippen MR) is 72.2 cm³/mol. The molecule has 1 aromatic carbocycles. The fraction of sp³-hybridized carbons (Fsp3) is 0.500. The average Bonchev–Trinajstić information content (AvgIpc) is 2.48. The molecule has 1 aliphatic heterocycles. The fourth-order valence-corrected chi connectivity index (χ4v) is 2.07. The smallest absolute Gasteiger partial charge is 0.387 e. The van der Waals surface area contributed by atoms with Crippen molar-refractivity contribution in [3.05, 3.63) is 29.8 Å². The number of hydrogen-bond donors (Lipinski definition) is 2. The lowest BCUT2D eigenvalue weighted by Crippen LogP contribution is -2.51. The van der Waals surface area contributed by atoms with Gasteiger partial charge < -0.3 is 20.1 Å². The Kier molecular flexibility index (Phi) is 5.46. The Morgan fingerprint density at radius 2 is 2.14 bits per heavy atom. The van der Waals surface area contributed by atoms with E-state index in [1.165, 1.54) is 12.1 Å². The lowest BCUT2D eigenvalue weighted by molar-refractivity contribution is -0.126. The van der Waals surface area contributed by atoms with Crippen LogP contribution in [-0.2, 0) is 9.53 Å². The van der Waals surface area contributed by atoms with Crippen LogP contribution in [0.4, 0.5) is 8.78 Å². The molecule has 2 atom stereocenters. The van der Waals surface area contributed by atoms with Crippen LogP contribution >= 0.6 is 0 Å². The summed E-state index contributed by atoms with van der Waals surface area (Å²) in [6, 6.07) is 5.60. The third-order valence-electron chi connectivity index (χ3n) is 3.20. The number of hydrogen-bond acceptors (Lipinski definition) is 4. The van der Waals surface area contributed by atoms with Crippen molar-refractivity contribution in [3.63, 3.8) is 0 Å². The van der Waals surface area contributed by atoms with Crippen LogP contribution in [0.3, 0.4) is 0 Å². The minimum absolute atomic E-state index is 0.0922. The van der Waals surface area contributed by atoms with Crippen molar-refractivity contribution in [2.24, 2.45) is 0 Å². The van der Waals surface area contributed by atoms with Crippen molar-refractivity contribution in [1.82, 2.24) is 10.6 Å². The maximum atomic E-state index is 12.1. The van der Waals surface area contributed by atoms with Gasteiger partial charge in [-0.05, 0) is 24.6 Å². The molecule has 116 valence electrons. The maximum Gasteiger partial charge on any atom is 0.387 e. The van der Waals surface area contributed by atoms with Gasteiger partial charge in [0.1, 0.15) is 11.8 Å². The van der Waals surface area contributed by atoms with Gasteiger partial charge in [-0.25, -0.2) is 0 Å². The summed E-state index contributed by atoms with van der Waals surface area (Å²) >= 11 is 0. The topological polar surface area (TPSA) is 59.6 Å². The van der Waals surface area contributed by atoms with E-state index >= 15 is 0 Å². The lowest BCUT2D eigenvalue weighted by atomic mass is 10.1. The molecule has 0 saturated carbocycles. The first-order valence-corrected chi connectivity index (χ1v) is 6.72. The molecule has 2 N–H and O–H groups in total. The molecule has 1 aliphatic rings. The highest BCUT2D eigenvalue weighted by atomic mass is 19.3. The number of carbonyl (C=O) groups excluding carboxylic acids is 1. The molecule has 1 amide bonds. The summed E-state index contributed by atoms with van der Waals surface area (Å²) in [5.74, 6) is -0.0512. The minimum atomic E-state index is -2.84. The van der Waals surface area contributed by atoms with E-state index < -0.39 is 6.61 Å². The number of amides is 1. The second-order valence-electron chi connectivity index (χ2n) is 4.76. The number of rotatable bonds is 5. The predicted octanol–water partition coefficient (Wildman–Crippen LogP) is 1.45. The number of carbonyl (C=O) groups is 1. The normalized spacial score (nSPS) is 20.1. The first-order valence-electron chi connectivity index (χ1n) is 6.72. The van der Waals surface area contributed by atoms with Crippen molar-refractivity contribution in [2.75, 3.05) is 19.8 Å². The van der Waals surface area contributed by atoms with Crippen LogP contribution in [0.1, 0.15) is 18.5 Å². The van der Waals surface area contributed by atoms with Gasteiger partial charge >= 0.3 is 6.61 Å². The largest absolute Gasteiger partial charge is 0.435 e. The number of halogens is 2. The van der Waals surface area contributed by atoms with E-state index in [9.17, 15) is 13.6 Å². The number of ether oxygens (including phenoxy) is 2. The van der Waals surface area contributed by atoms with Gasteiger partial charge in [0.15, 0.2) is 0 Å². The number of morpholine rings is 1. The van der Waals surface area contributed by atoms with Crippen LogP contribution in [0.2, 0.25) is 0 Å². The van der Waals surface area contributed by atoms with Crippen molar-refractivity contribution in [2.45, 2.75) is 25.6 Å². The Morgan fingerprint density at radius 1 is 1.43 bits per heavy atom. The highest BCUT2D eigenvalue weighted by Gasteiger charge is 2.22. The molecule has 1 aromatic rings. The highest BCUT2D eigenvalue weighted by molar-refractivity contribution is 5.82. The molecule has 1 fully saturated rings. The molecule has 0 bridgehead atoms.